The second-order valence-corrected chi connectivity index (χ2v) is 9.49. The highest BCUT2D eigenvalue weighted by Crippen LogP contribution is 2.35. The lowest BCUT2D eigenvalue weighted by atomic mass is 10.1. The molecule has 2 heterocycles. The first kappa shape index (κ1) is 23.3. The van der Waals surface area contributed by atoms with Crippen LogP contribution in [0, 0.1) is 0 Å². The summed E-state index contributed by atoms with van der Waals surface area (Å²) in [6.45, 7) is -0.362. The maximum Gasteiger partial charge on any atom is 0.325 e. The van der Waals surface area contributed by atoms with E-state index in [1.165, 1.54) is 7.11 Å². The number of fused-ring (bicyclic) bond motifs is 1. The lowest BCUT2D eigenvalue weighted by Crippen LogP contribution is -2.33. The monoisotopic (exact) mass is 546 g/mol. The van der Waals surface area contributed by atoms with E-state index in [1.54, 1.807) is 41.1 Å². The van der Waals surface area contributed by atoms with Crippen molar-refractivity contribution in [2.45, 2.75) is 6.54 Å². The van der Waals surface area contributed by atoms with E-state index >= 15 is 0 Å². The molecule has 2 aromatic carbocycles. The van der Waals surface area contributed by atoms with Gasteiger partial charge in [-0.3, -0.25) is 24.1 Å². The van der Waals surface area contributed by atoms with Crippen LogP contribution in [0.1, 0.15) is 15.9 Å². The third-order valence-corrected chi connectivity index (χ3v) is 6.68. The number of thioether (sulfide) groups is 1. The number of benzene rings is 2. The number of rotatable bonds is 6. The third-order valence-electron chi connectivity index (χ3n) is 5.03. The number of halogens is 2. The molecule has 1 aliphatic heterocycles. The Bertz CT molecular complexity index is 1330. The van der Waals surface area contributed by atoms with Crippen LogP contribution in [-0.4, -0.2) is 46.0 Å². The molecular formula is C23H16BrClN2O5S. The highest BCUT2D eigenvalue weighted by Gasteiger charge is 2.36. The zero-order valence-corrected chi connectivity index (χ0v) is 20.4. The first-order chi connectivity index (χ1) is 15.8. The average molecular weight is 548 g/mol. The Labute approximate surface area is 206 Å². The van der Waals surface area contributed by atoms with Crippen LogP contribution >= 0.6 is 39.3 Å². The van der Waals surface area contributed by atoms with Crippen molar-refractivity contribution in [2.24, 2.45) is 0 Å². The topological polar surface area (TPSA) is 85.7 Å². The van der Waals surface area contributed by atoms with E-state index in [4.69, 9.17) is 16.3 Å². The number of ketones is 1. The fraction of sp³-hybridized carbons (Fsp3) is 0.130. The number of esters is 1. The predicted octanol–water partition coefficient (Wildman–Crippen LogP) is 5.15. The number of carbonyl (C=O) groups is 4. The minimum Gasteiger partial charge on any atom is -0.468 e. The van der Waals surface area contributed by atoms with Gasteiger partial charge in [0.2, 0.25) is 0 Å². The van der Waals surface area contributed by atoms with Gasteiger partial charge in [0.1, 0.15) is 6.54 Å². The summed E-state index contributed by atoms with van der Waals surface area (Å²) < 4.78 is 7.30. The number of Topliss-reactive ketones (excluding diaryl/α,β-unsaturated/α-hetero) is 1. The summed E-state index contributed by atoms with van der Waals surface area (Å²) in [6, 6.07) is 11.8. The van der Waals surface area contributed by atoms with Crippen LogP contribution in [0.15, 0.2) is 58.0 Å². The van der Waals surface area contributed by atoms with Crippen LogP contribution in [0.5, 0.6) is 0 Å². The van der Waals surface area contributed by atoms with Crippen molar-refractivity contribution in [3.63, 3.8) is 0 Å². The second-order valence-electron chi connectivity index (χ2n) is 7.15. The number of aromatic nitrogens is 1. The maximum atomic E-state index is 12.9. The highest BCUT2D eigenvalue weighted by atomic mass is 79.9. The third kappa shape index (κ3) is 4.90. The summed E-state index contributed by atoms with van der Waals surface area (Å²) >= 11 is 10.1. The Kier molecular flexibility index (Phi) is 6.73. The van der Waals surface area contributed by atoms with Crippen LogP contribution in [0.25, 0.3) is 17.0 Å². The maximum absolute atomic E-state index is 12.9. The van der Waals surface area contributed by atoms with Gasteiger partial charge in [-0.25, -0.2) is 0 Å². The summed E-state index contributed by atoms with van der Waals surface area (Å²) in [4.78, 5) is 50.9. The van der Waals surface area contributed by atoms with E-state index in [0.29, 0.717) is 16.1 Å². The zero-order valence-electron chi connectivity index (χ0n) is 17.2. The van der Waals surface area contributed by atoms with Crippen molar-refractivity contribution in [3.8, 4) is 0 Å². The number of imide groups is 1. The van der Waals surface area contributed by atoms with Gasteiger partial charge in [0.15, 0.2) is 5.78 Å². The molecule has 1 saturated heterocycles. The second kappa shape index (κ2) is 9.54. The van der Waals surface area contributed by atoms with Crippen LogP contribution in [0.3, 0.4) is 0 Å². The molecule has 7 nitrogen and oxygen atoms in total. The smallest absolute Gasteiger partial charge is 0.325 e. The van der Waals surface area contributed by atoms with Gasteiger partial charge in [-0.05, 0) is 60.3 Å². The number of methoxy groups -OCH3 is 1. The van der Waals surface area contributed by atoms with Gasteiger partial charge in [-0.1, -0.05) is 27.5 Å². The molecular weight excluding hydrogens is 532 g/mol. The van der Waals surface area contributed by atoms with Crippen molar-refractivity contribution in [2.75, 3.05) is 13.7 Å². The van der Waals surface area contributed by atoms with Gasteiger partial charge < -0.3 is 9.30 Å². The van der Waals surface area contributed by atoms with Gasteiger partial charge in [-0.15, -0.1) is 0 Å². The van der Waals surface area contributed by atoms with Crippen LogP contribution < -0.4 is 0 Å². The summed E-state index contributed by atoms with van der Waals surface area (Å²) in [7, 11) is 1.31. The number of amides is 2. The van der Waals surface area contributed by atoms with Crippen LogP contribution in [0.4, 0.5) is 4.79 Å². The quantitative estimate of drug-likeness (QED) is 0.241. The molecule has 0 spiro atoms. The van der Waals surface area contributed by atoms with Crippen molar-refractivity contribution in [3.05, 3.63) is 74.2 Å². The van der Waals surface area contributed by atoms with Crippen molar-refractivity contribution in [1.29, 1.82) is 0 Å². The lowest BCUT2D eigenvalue weighted by molar-refractivity contribution is -0.141. The number of hydrogen-bond acceptors (Lipinski definition) is 6. The number of nitrogens with zero attached hydrogens (tertiary/aromatic N) is 2. The van der Waals surface area contributed by atoms with Gasteiger partial charge in [0, 0.05) is 37.7 Å². The number of ether oxygens (including phenoxy) is 1. The molecule has 0 radical (unpaired) electrons. The molecule has 1 fully saturated rings. The minimum absolute atomic E-state index is 0.000452. The lowest BCUT2D eigenvalue weighted by Gasteiger charge is -2.11. The molecule has 4 rings (SSSR count). The van der Waals surface area contributed by atoms with E-state index < -0.39 is 17.1 Å². The molecule has 0 saturated carbocycles. The Morgan fingerprint density at radius 2 is 1.85 bits per heavy atom. The molecule has 1 aromatic heterocycles. The number of hydrogen-bond donors (Lipinski definition) is 0. The molecule has 0 N–H and O–H groups in total. The van der Waals surface area contributed by atoms with Crippen molar-refractivity contribution >= 4 is 79.2 Å². The van der Waals surface area contributed by atoms with Gasteiger partial charge in [0.05, 0.1) is 18.6 Å². The summed E-state index contributed by atoms with van der Waals surface area (Å²) in [5.74, 6) is -1.33. The normalized spacial score (nSPS) is 15.0. The Balaban J connectivity index is 1.63. The molecule has 0 aliphatic carbocycles. The minimum atomic E-state index is -0.545. The first-order valence-corrected chi connectivity index (χ1v) is 11.6. The highest BCUT2D eigenvalue weighted by molar-refractivity contribution is 9.10. The van der Waals surface area contributed by atoms with Gasteiger partial charge >= 0.3 is 5.97 Å². The molecule has 168 valence electrons. The SMILES string of the molecule is COC(=O)Cn1cc(/C=C2\SC(=O)N(CC(=O)c3ccc(Cl)cc3)C2=O)c2cc(Br)ccc21. The van der Waals surface area contributed by atoms with E-state index in [2.05, 4.69) is 15.9 Å². The largest absolute Gasteiger partial charge is 0.468 e. The molecule has 0 bridgehead atoms. The van der Waals surface area contributed by atoms with E-state index in [0.717, 1.165) is 32.0 Å². The summed E-state index contributed by atoms with van der Waals surface area (Å²) in [5.41, 5.74) is 1.79. The summed E-state index contributed by atoms with van der Waals surface area (Å²) in [5, 5.41) is 0.754. The van der Waals surface area contributed by atoms with Crippen molar-refractivity contribution < 1.29 is 23.9 Å². The Morgan fingerprint density at radius 1 is 1.12 bits per heavy atom. The molecule has 1 aliphatic rings. The molecule has 10 heteroatoms. The number of carbonyl (C=O) groups excluding carboxylic acids is 4. The van der Waals surface area contributed by atoms with Crippen LogP contribution in [0.2, 0.25) is 5.02 Å². The predicted molar refractivity (Wildman–Crippen MR) is 130 cm³/mol. The van der Waals surface area contributed by atoms with Crippen LogP contribution in [-0.2, 0) is 20.9 Å². The van der Waals surface area contributed by atoms with E-state index in [-0.39, 0.29) is 23.8 Å². The Hall–Kier alpha value is -2.88. The molecule has 33 heavy (non-hydrogen) atoms. The molecule has 3 aromatic rings. The van der Waals surface area contributed by atoms with E-state index in [1.807, 2.05) is 18.2 Å². The molecule has 0 unspecified atom stereocenters. The fourth-order valence-corrected chi connectivity index (χ4v) is 4.71. The zero-order chi connectivity index (χ0) is 23.7. The molecule has 0 atom stereocenters. The Morgan fingerprint density at radius 3 is 2.55 bits per heavy atom. The summed E-state index contributed by atoms with van der Waals surface area (Å²) in [6.07, 6.45) is 3.32. The van der Waals surface area contributed by atoms with Crippen molar-refractivity contribution in [1.82, 2.24) is 9.47 Å². The fourth-order valence-electron chi connectivity index (χ4n) is 3.39. The van der Waals surface area contributed by atoms with Gasteiger partial charge in [-0.2, -0.15) is 0 Å². The van der Waals surface area contributed by atoms with E-state index in [9.17, 15) is 19.2 Å². The average Bonchev–Trinajstić information content (AvgIpc) is 3.25. The standard InChI is InChI=1S/C23H16BrClN2O5S/c1-32-21(29)12-26-10-14(17-9-15(24)4-7-18(17)26)8-20-22(30)27(23(31)33-20)11-19(28)13-2-5-16(25)6-3-13/h2-10H,11-12H2,1H3/b20-8-. The molecule has 2 amide bonds. The first-order valence-electron chi connectivity index (χ1n) is 9.66. The van der Waals surface area contributed by atoms with Gasteiger partial charge in [0.25, 0.3) is 11.1 Å².